The molecular weight excluding hydrogens is 409 g/mol. The van der Waals surface area contributed by atoms with E-state index in [4.69, 9.17) is 4.74 Å². The summed E-state index contributed by atoms with van der Waals surface area (Å²) in [7, 11) is 1.52. The van der Waals surface area contributed by atoms with Crippen LogP contribution >= 0.6 is 0 Å². The molecule has 0 spiro atoms. The second-order valence-electron chi connectivity index (χ2n) is 8.75. The average molecular weight is 438 g/mol. The first kappa shape index (κ1) is 21.9. The molecule has 7 nitrogen and oxygen atoms in total. The minimum Gasteiger partial charge on any atom is -0.467 e. The zero-order chi connectivity index (χ0) is 22.2. The van der Waals surface area contributed by atoms with Gasteiger partial charge in [-0.15, -0.1) is 0 Å². The number of nitrogens with one attached hydrogen (secondary N) is 1. The first-order chi connectivity index (χ1) is 14.8. The van der Waals surface area contributed by atoms with E-state index in [0.717, 1.165) is 36.1 Å². The largest absolute Gasteiger partial charge is 0.467 e. The van der Waals surface area contributed by atoms with Gasteiger partial charge in [0.05, 0.1) is 18.8 Å². The molecule has 4 heterocycles. The SMILES string of the molecule is COc1ncc(CN2CCCCC2c2cc3n(n2)[C@@H](C(F)(F)F)C[C@@H](C(C)C)N3)cn1. The van der Waals surface area contributed by atoms with Crippen LogP contribution in [-0.2, 0) is 6.54 Å². The van der Waals surface area contributed by atoms with Crippen molar-refractivity contribution in [3.05, 3.63) is 29.7 Å². The number of fused-ring (bicyclic) bond motifs is 1. The molecule has 0 bridgehead atoms. The van der Waals surface area contributed by atoms with Gasteiger partial charge in [0, 0.05) is 36.6 Å². The molecule has 2 aliphatic rings. The van der Waals surface area contributed by atoms with Crippen molar-refractivity contribution in [3.63, 3.8) is 0 Å². The Morgan fingerprint density at radius 1 is 1.23 bits per heavy atom. The van der Waals surface area contributed by atoms with Gasteiger partial charge in [-0.3, -0.25) is 4.90 Å². The van der Waals surface area contributed by atoms with E-state index in [1.165, 1.54) is 7.11 Å². The summed E-state index contributed by atoms with van der Waals surface area (Å²) in [4.78, 5) is 10.6. The molecule has 1 saturated heterocycles. The third-order valence-corrected chi connectivity index (χ3v) is 6.25. The topological polar surface area (TPSA) is 68.1 Å². The molecule has 0 aliphatic carbocycles. The molecule has 2 aliphatic heterocycles. The van der Waals surface area contributed by atoms with E-state index in [1.54, 1.807) is 18.5 Å². The third kappa shape index (κ3) is 4.63. The van der Waals surface area contributed by atoms with Gasteiger partial charge in [0.25, 0.3) is 0 Å². The van der Waals surface area contributed by atoms with E-state index >= 15 is 0 Å². The average Bonchev–Trinajstić information content (AvgIpc) is 3.17. The third-order valence-electron chi connectivity index (χ3n) is 6.25. The van der Waals surface area contributed by atoms with Gasteiger partial charge in [0.1, 0.15) is 5.82 Å². The molecule has 3 atom stereocenters. The number of aromatic nitrogens is 4. The highest BCUT2D eigenvalue weighted by Crippen LogP contribution is 2.42. The molecule has 2 aromatic rings. The predicted molar refractivity (Wildman–Crippen MR) is 110 cm³/mol. The van der Waals surface area contributed by atoms with Crippen LogP contribution in [0.4, 0.5) is 19.0 Å². The Morgan fingerprint density at radius 3 is 2.61 bits per heavy atom. The molecule has 170 valence electrons. The van der Waals surface area contributed by atoms with E-state index in [9.17, 15) is 13.2 Å². The van der Waals surface area contributed by atoms with Crippen molar-refractivity contribution in [2.75, 3.05) is 19.0 Å². The molecule has 10 heteroatoms. The number of rotatable bonds is 5. The fourth-order valence-electron chi connectivity index (χ4n) is 4.50. The standard InChI is InChI=1S/C21H29F3N6O/c1-13(2)15-8-18(21(22,23)24)30-19(27-15)9-16(28-30)17-6-4-5-7-29(17)12-14-10-25-20(31-3)26-11-14/h9-11,13,15,17-18,27H,4-8,12H2,1-3H3/t15-,17?,18+/m0/s1. The van der Waals surface area contributed by atoms with Gasteiger partial charge < -0.3 is 10.1 Å². The lowest BCUT2D eigenvalue weighted by molar-refractivity contribution is -0.174. The van der Waals surface area contributed by atoms with Crippen LogP contribution in [0.3, 0.4) is 0 Å². The van der Waals surface area contributed by atoms with Crippen molar-refractivity contribution in [1.29, 1.82) is 0 Å². The maximum absolute atomic E-state index is 13.8. The first-order valence-electron chi connectivity index (χ1n) is 10.8. The number of anilines is 1. The van der Waals surface area contributed by atoms with Crippen LogP contribution in [0.15, 0.2) is 18.5 Å². The molecule has 0 saturated carbocycles. The lowest BCUT2D eigenvalue weighted by Gasteiger charge is -2.35. The summed E-state index contributed by atoms with van der Waals surface area (Å²) in [5.41, 5.74) is 1.62. The molecule has 0 aromatic carbocycles. The van der Waals surface area contributed by atoms with Crippen LogP contribution in [0.1, 0.15) is 62.9 Å². The van der Waals surface area contributed by atoms with Crippen molar-refractivity contribution in [1.82, 2.24) is 24.6 Å². The Morgan fingerprint density at radius 2 is 1.97 bits per heavy atom. The van der Waals surface area contributed by atoms with E-state index < -0.39 is 12.2 Å². The summed E-state index contributed by atoms with van der Waals surface area (Å²) in [5, 5.41) is 7.76. The fraction of sp³-hybridized carbons (Fsp3) is 0.667. The van der Waals surface area contributed by atoms with Crippen LogP contribution in [0.2, 0.25) is 0 Å². The van der Waals surface area contributed by atoms with Crippen molar-refractivity contribution in [2.45, 2.75) is 70.4 Å². The zero-order valence-corrected chi connectivity index (χ0v) is 18.1. The maximum Gasteiger partial charge on any atom is 0.410 e. The van der Waals surface area contributed by atoms with Crippen molar-refractivity contribution >= 4 is 5.82 Å². The monoisotopic (exact) mass is 438 g/mol. The lowest BCUT2D eigenvalue weighted by Crippen LogP contribution is -2.41. The normalized spacial score (nSPS) is 24.7. The number of alkyl halides is 3. The molecule has 31 heavy (non-hydrogen) atoms. The van der Waals surface area contributed by atoms with E-state index in [1.807, 2.05) is 13.8 Å². The van der Waals surface area contributed by atoms with Crippen LogP contribution in [-0.4, -0.2) is 50.5 Å². The first-order valence-corrected chi connectivity index (χ1v) is 10.8. The Bertz CT molecular complexity index is 882. The van der Waals surface area contributed by atoms with Crippen molar-refractivity contribution in [2.24, 2.45) is 5.92 Å². The van der Waals surface area contributed by atoms with Crippen LogP contribution in [0.5, 0.6) is 6.01 Å². The van der Waals surface area contributed by atoms with Gasteiger partial charge in [0.2, 0.25) is 0 Å². The molecule has 0 radical (unpaired) electrons. The number of hydrogen-bond acceptors (Lipinski definition) is 6. The van der Waals surface area contributed by atoms with Crippen LogP contribution in [0.25, 0.3) is 0 Å². The molecule has 0 amide bonds. The minimum atomic E-state index is -4.33. The number of piperidine rings is 1. The highest BCUT2D eigenvalue weighted by Gasteiger charge is 2.47. The van der Waals surface area contributed by atoms with E-state index in [0.29, 0.717) is 24.1 Å². The number of ether oxygens (including phenoxy) is 1. The summed E-state index contributed by atoms with van der Waals surface area (Å²) in [6.45, 7) is 5.35. The molecule has 1 N–H and O–H groups in total. The fourth-order valence-corrected chi connectivity index (χ4v) is 4.50. The molecule has 1 unspecified atom stereocenters. The Balaban J connectivity index is 1.60. The summed E-state index contributed by atoms with van der Waals surface area (Å²) in [5.74, 6) is 0.554. The number of nitrogens with zero attached hydrogens (tertiary/aromatic N) is 5. The van der Waals surface area contributed by atoms with E-state index in [2.05, 4.69) is 25.3 Å². The quantitative estimate of drug-likeness (QED) is 0.749. The highest BCUT2D eigenvalue weighted by atomic mass is 19.4. The summed E-state index contributed by atoms with van der Waals surface area (Å²) < 4.78 is 47.6. The molecule has 2 aromatic heterocycles. The predicted octanol–water partition coefficient (Wildman–Crippen LogP) is 4.35. The van der Waals surface area contributed by atoms with E-state index in [-0.39, 0.29) is 24.4 Å². The highest BCUT2D eigenvalue weighted by molar-refractivity contribution is 5.42. The lowest BCUT2D eigenvalue weighted by atomic mass is 9.94. The van der Waals surface area contributed by atoms with Gasteiger partial charge in [0.15, 0.2) is 6.04 Å². The minimum absolute atomic E-state index is 0.00709. The van der Waals surface area contributed by atoms with Gasteiger partial charge in [-0.2, -0.15) is 18.3 Å². The second kappa shape index (κ2) is 8.64. The molecule has 4 rings (SSSR count). The van der Waals surface area contributed by atoms with Crippen LogP contribution in [0, 0.1) is 5.92 Å². The molecule has 1 fully saturated rings. The maximum atomic E-state index is 13.8. The summed E-state index contributed by atoms with van der Waals surface area (Å²) >= 11 is 0. The summed E-state index contributed by atoms with van der Waals surface area (Å²) in [6, 6.07) is 0.243. The Labute approximate surface area is 180 Å². The Kier molecular flexibility index (Phi) is 6.09. The number of likely N-dealkylation sites (tertiary alicyclic amines) is 1. The smallest absolute Gasteiger partial charge is 0.410 e. The number of halogens is 3. The second-order valence-corrected chi connectivity index (χ2v) is 8.75. The molecular formula is C21H29F3N6O. The number of methoxy groups -OCH3 is 1. The van der Waals surface area contributed by atoms with Gasteiger partial charge >= 0.3 is 12.2 Å². The van der Waals surface area contributed by atoms with Gasteiger partial charge in [-0.1, -0.05) is 20.3 Å². The van der Waals surface area contributed by atoms with Gasteiger partial charge in [-0.05, 0) is 31.7 Å². The number of hydrogen-bond donors (Lipinski definition) is 1. The van der Waals surface area contributed by atoms with Crippen LogP contribution < -0.4 is 10.1 Å². The zero-order valence-electron chi connectivity index (χ0n) is 18.1. The van der Waals surface area contributed by atoms with Gasteiger partial charge in [-0.25, -0.2) is 14.6 Å². The summed E-state index contributed by atoms with van der Waals surface area (Å²) in [6.07, 6.45) is 2.03. The van der Waals surface area contributed by atoms with Crippen molar-refractivity contribution in [3.8, 4) is 6.01 Å². The van der Waals surface area contributed by atoms with Crippen molar-refractivity contribution < 1.29 is 17.9 Å². The Hall–Kier alpha value is -2.36.